The molecule has 102 valence electrons. The zero-order valence-corrected chi connectivity index (χ0v) is 10.9. The lowest BCUT2D eigenvalue weighted by atomic mass is 10.1. The third kappa shape index (κ3) is 3.42. The molecule has 19 heavy (non-hydrogen) atoms. The van der Waals surface area contributed by atoms with E-state index in [2.05, 4.69) is 5.32 Å². The number of benzene rings is 1. The van der Waals surface area contributed by atoms with Crippen LogP contribution >= 0.6 is 11.6 Å². The Morgan fingerprint density at radius 2 is 2.32 bits per heavy atom. The third-order valence-corrected chi connectivity index (χ3v) is 3.22. The van der Waals surface area contributed by atoms with E-state index in [1.54, 1.807) is 0 Å². The molecule has 0 spiro atoms. The lowest BCUT2D eigenvalue weighted by molar-refractivity contribution is -0.384. The highest BCUT2D eigenvalue weighted by atomic mass is 35.5. The maximum Gasteiger partial charge on any atom is 0.270 e. The summed E-state index contributed by atoms with van der Waals surface area (Å²) in [6.07, 6.45) is 1.76. The smallest absolute Gasteiger partial charge is 0.270 e. The first-order valence-corrected chi connectivity index (χ1v) is 6.28. The summed E-state index contributed by atoms with van der Waals surface area (Å²) in [6, 6.07) is 3.76. The molecule has 1 N–H and O–H groups in total. The van der Waals surface area contributed by atoms with Crippen LogP contribution in [-0.2, 0) is 4.74 Å². The van der Waals surface area contributed by atoms with Crippen LogP contribution in [0.3, 0.4) is 0 Å². The van der Waals surface area contributed by atoms with Gasteiger partial charge in [-0.3, -0.25) is 14.9 Å². The summed E-state index contributed by atoms with van der Waals surface area (Å²) in [4.78, 5) is 22.0. The van der Waals surface area contributed by atoms with Crippen LogP contribution < -0.4 is 5.32 Å². The van der Waals surface area contributed by atoms with Crippen LogP contribution in [0.25, 0.3) is 0 Å². The van der Waals surface area contributed by atoms with Crippen molar-refractivity contribution < 1.29 is 14.5 Å². The summed E-state index contributed by atoms with van der Waals surface area (Å²) >= 11 is 5.89. The number of carbonyl (C=O) groups is 1. The number of amides is 1. The van der Waals surface area contributed by atoms with Gasteiger partial charge in [0.2, 0.25) is 0 Å². The molecule has 2 rings (SSSR count). The second-order valence-electron chi connectivity index (χ2n) is 4.31. The first kappa shape index (κ1) is 13.8. The summed E-state index contributed by atoms with van der Waals surface area (Å²) in [6.45, 7) is 1.20. The fourth-order valence-corrected chi connectivity index (χ4v) is 2.18. The van der Waals surface area contributed by atoms with Crippen LogP contribution in [0.15, 0.2) is 18.2 Å². The van der Waals surface area contributed by atoms with Gasteiger partial charge in [-0.1, -0.05) is 11.6 Å². The molecule has 1 aromatic carbocycles. The molecule has 1 amide bonds. The van der Waals surface area contributed by atoms with Crippen molar-refractivity contribution in [1.29, 1.82) is 0 Å². The number of nitro groups is 1. The van der Waals surface area contributed by atoms with E-state index < -0.39 is 4.92 Å². The molecular weight excluding hydrogens is 272 g/mol. The molecule has 1 fully saturated rings. The molecule has 0 aliphatic carbocycles. The zero-order chi connectivity index (χ0) is 13.8. The Kier molecular flexibility index (Phi) is 4.34. The standard InChI is InChI=1S/C12H13ClN2O4/c13-11-6-9(15(17)18)3-4-10(11)12(16)14-8-2-1-5-19-7-8/h3-4,6,8H,1-2,5,7H2,(H,14,16). The van der Waals surface area contributed by atoms with E-state index in [1.807, 2.05) is 0 Å². The Labute approximate surface area is 114 Å². The highest BCUT2D eigenvalue weighted by Crippen LogP contribution is 2.22. The van der Waals surface area contributed by atoms with Gasteiger partial charge >= 0.3 is 0 Å². The summed E-state index contributed by atoms with van der Waals surface area (Å²) < 4.78 is 5.26. The Morgan fingerprint density at radius 1 is 1.53 bits per heavy atom. The fourth-order valence-electron chi connectivity index (χ4n) is 1.92. The minimum Gasteiger partial charge on any atom is -0.379 e. The van der Waals surface area contributed by atoms with Crippen LogP contribution in [0.2, 0.25) is 5.02 Å². The SMILES string of the molecule is O=C(NC1CCCOC1)c1ccc([N+](=O)[O-])cc1Cl. The number of nitro benzene ring substituents is 1. The predicted octanol–water partition coefficient (Wildman–Crippen LogP) is 2.16. The van der Waals surface area contributed by atoms with Gasteiger partial charge in [0.1, 0.15) is 0 Å². The van der Waals surface area contributed by atoms with Gasteiger partial charge < -0.3 is 10.1 Å². The summed E-state index contributed by atoms with van der Waals surface area (Å²) in [5.41, 5.74) is 0.0976. The Bertz CT molecular complexity index is 501. The number of non-ortho nitro benzene ring substituents is 1. The Hall–Kier alpha value is -1.66. The first-order chi connectivity index (χ1) is 9.08. The number of rotatable bonds is 3. The average molecular weight is 285 g/mol. The van der Waals surface area contributed by atoms with Crippen LogP contribution in [0.5, 0.6) is 0 Å². The molecule has 1 aromatic rings. The predicted molar refractivity (Wildman–Crippen MR) is 69.4 cm³/mol. The third-order valence-electron chi connectivity index (χ3n) is 2.90. The van der Waals surface area contributed by atoms with Crippen LogP contribution in [0.4, 0.5) is 5.69 Å². The molecule has 7 heteroatoms. The number of hydrogen-bond donors (Lipinski definition) is 1. The fraction of sp³-hybridized carbons (Fsp3) is 0.417. The number of halogens is 1. The van der Waals surface area contributed by atoms with Gasteiger partial charge in [0.15, 0.2) is 0 Å². The van der Waals surface area contributed by atoms with Gasteiger partial charge in [-0.05, 0) is 18.9 Å². The van der Waals surface area contributed by atoms with Gasteiger partial charge in [-0.25, -0.2) is 0 Å². The Balaban J connectivity index is 2.08. The number of ether oxygens (including phenoxy) is 1. The number of nitrogens with zero attached hydrogens (tertiary/aromatic N) is 1. The number of nitrogens with one attached hydrogen (secondary N) is 1. The van der Waals surface area contributed by atoms with Crippen molar-refractivity contribution in [3.05, 3.63) is 38.9 Å². The molecule has 1 aliphatic rings. The van der Waals surface area contributed by atoms with E-state index >= 15 is 0 Å². The minimum absolute atomic E-state index is 0.0347. The van der Waals surface area contributed by atoms with Crippen LogP contribution in [-0.4, -0.2) is 30.1 Å². The lowest BCUT2D eigenvalue weighted by Gasteiger charge is -2.23. The summed E-state index contributed by atoms with van der Waals surface area (Å²) in [5.74, 6) is -0.338. The van der Waals surface area contributed by atoms with Crippen LogP contribution in [0.1, 0.15) is 23.2 Å². The molecule has 1 heterocycles. The molecule has 1 saturated heterocycles. The van der Waals surface area contributed by atoms with E-state index in [4.69, 9.17) is 16.3 Å². The van der Waals surface area contributed by atoms with E-state index in [0.29, 0.717) is 13.2 Å². The number of carbonyl (C=O) groups excluding carboxylic acids is 1. The van der Waals surface area contributed by atoms with Crippen molar-refractivity contribution in [2.45, 2.75) is 18.9 Å². The van der Waals surface area contributed by atoms with Crippen molar-refractivity contribution in [2.24, 2.45) is 0 Å². The molecule has 6 nitrogen and oxygen atoms in total. The highest BCUT2D eigenvalue weighted by Gasteiger charge is 2.20. The van der Waals surface area contributed by atoms with Crippen LogP contribution in [0, 0.1) is 10.1 Å². The van der Waals surface area contributed by atoms with E-state index in [0.717, 1.165) is 12.8 Å². The lowest BCUT2D eigenvalue weighted by Crippen LogP contribution is -2.40. The van der Waals surface area contributed by atoms with Gasteiger partial charge in [0.25, 0.3) is 11.6 Å². The zero-order valence-electron chi connectivity index (χ0n) is 10.1. The molecule has 0 bridgehead atoms. The summed E-state index contributed by atoms with van der Waals surface area (Å²) in [7, 11) is 0. The molecule has 0 aromatic heterocycles. The second kappa shape index (κ2) is 5.99. The molecule has 1 atom stereocenters. The maximum absolute atomic E-state index is 12.0. The van der Waals surface area contributed by atoms with Crippen molar-refractivity contribution >= 4 is 23.2 Å². The van der Waals surface area contributed by atoms with E-state index in [1.165, 1.54) is 18.2 Å². The van der Waals surface area contributed by atoms with E-state index in [9.17, 15) is 14.9 Å². The van der Waals surface area contributed by atoms with Gasteiger partial charge in [-0.2, -0.15) is 0 Å². The maximum atomic E-state index is 12.0. The van der Waals surface area contributed by atoms with Gasteiger partial charge in [0, 0.05) is 18.7 Å². The molecule has 0 saturated carbocycles. The average Bonchev–Trinajstić information content (AvgIpc) is 2.39. The topological polar surface area (TPSA) is 81.5 Å². The van der Waals surface area contributed by atoms with Crippen molar-refractivity contribution in [3.8, 4) is 0 Å². The molecule has 0 radical (unpaired) electrons. The largest absolute Gasteiger partial charge is 0.379 e. The quantitative estimate of drug-likeness (QED) is 0.681. The molecular formula is C12H13ClN2O4. The second-order valence-corrected chi connectivity index (χ2v) is 4.72. The first-order valence-electron chi connectivity index (χ1n) is 5.90. The monoisotopic (exact) mass is 284 g/mol. The molecule has 1 unspecified atom stereocenters. The van der Waals surface area contributed by atoms with Gasteiger partial charge in [0.05, 0.1) is 28.2 Å². The van der Waals surface area contributed by atoms with Gasteiger partial charge in [-0.15, -0.1) is 0 Å². The highest BCUT2D eigenvalue weighted by molar-refractivity contribution is 6.34. The normalized spacial score (nSPS) is 18.9. The Morgan fingerprint density at radius 3 is 2.89 bits per heavy atom. The minimum atomic E-state index is -0.553. The van der Waals surface area contributed by atoms with Crippen molar-refractivity contribution in [2.75, 3.05) is 13.2 Å². The van der Waals surface area contributed by atoms with E-state index in [-0.39, 0.29) is 28.2 Å². The summed E-state index contributed by atoms with van der Waals surface area (Å²) in [5, 5.41) is 13.5. The number of hydrogen-bond acceptors (Lipinski definition) is 4. The van der Waals surface area contributed by atoms with Crippen molar-refractivity contribution in [3.63, 3.8) is 0 Å². The molecule has 1 aliphatic heterocycles. The van der Waals surface area contributed by atoms with Crippen molar-refractivity contribution in [1.82, 2.24) is 5.32 Å².